The van der Waals surface area contributed by atoms with E-state index in [1.807, 2.05) is 6.92 Å². The Morgan fingerprint density at radius 2 is 1.77 bits per heavy atom. The molecule has 5 nitrogen and oxygen atoms in total. The van der Waals surface area contributed by atoms with Gasteiger partial charge in [0.05, 0.1) is 0 Å². The zero-order chi connectivity index (χ0) is 22.1. The summed E-state index contributed by atoms with van der Waals surface area (Å²) in [6.45, 7) is 9.09. The maximum atomic E-state index is 11.1. The first-order valence-corrected chi connectivity index (χ1v) is 12.3. The maximum absolute atomic E-state index is 11.1. The number of aliphatic hydroxyl groups is 3. The van der Waals surface area contributed by atoms with Gasteiger partial charge in [-0.15, -0.1) is 0 Å². The Morgan fingerprint density at radius 1 is 1.07 bits per heavy atom. The molecule has 5 heteroatoms. The van der Waals surface area contributed by atoms with E-state index in [1.165, 1.54) is 0 Å². The van der Waals surface area contributed by atoms with Crippen LogP contribution in [0.4, 0.5) is 0 Å². The first-order valence-electron chi connectivity index (χ1n) is 12.3. The molecule has 0 amide bonds. The lowest BCUT2D eigenvalue weighted by Gasteiger charge is -2.66. The summed E-state index contributed by atoms with van der Waals surface area (Å²) in [5.74, 6) is 0.263. The van der Waals surface area contributed by atoms with Gasteiger partial charge in [0.15, 0.2) is 5.79 Å². The molecule has 4 aliphatic carbocycles. The second-order valence-electron chi connectivity index (χ2n) is 11.9. The predicted octanol–water partition coefficient (Wildman–Crippen LogP) is 4.04. The van der Waals surface area contributed by atoms with Crippen LogP contribution in [0.3, 0.4) is 0 Å². The molecule has 4 N–H and O–H groups in total. The molecule has 0 spiro atoms. The van der Waals surface area contributed by atoms with Gasteiger partial charge in [-0.2, -0.15) is 0 Å². The van der Waals surface area contributed by atoms with Crippen molar-refractivity contribution in [3.8, 4) is 0 Å². The topological polar surface area (TPSA) is 98.0 Å². The Kier molecular flexibility index (Phi) is 5.60. The third-order valence-corrected chi connectivity index (χ3v) is 10.9. The summed E-state index contributed by atoms with van der Waals surface area (Å²) >= 11 is 0. The van der Waals surface area contributed by atoms with E-state index in [9.17, 15) is 20.1 Å². The van der Waals surface area contributed by atoms with E-state index in [0.29, 0.717) is 36.0 Å². The van der Waals surface area contributed by atoms with E-state index in [0.717, 1.165) is 44.9 Å². The van der Waals surface area contributed by atoms with Gasteiger partial charge in [-0.25, -0.2) is 0 Å². The molecule has 10 atom stereocenters. The molecule has 4 rings (SSSR count). The van der Waals surface area contributed by atoms with Crippen LogP contribution in [-0.2, 0) is 4.79 Å². The Morgan fingerprint density at radius 3 is 2.43 bits per heavy atom. The van der Waals surface area contributed by atoms with Gasteiger partial charge in [0.25, 0.3) is 0 Å². The lowest BCUT2D eigenvalue weighted by Crippen LogP contribution is -2.69. The fraction of sp³-hybridized carbons (Fsp3) is 0.960. The molecule has 0 heterocycles. The van der Waals surface area contributed by atoms with Gasteiger partial charge >= 0.3 is 5.97 Å². The summed E-state index contributed by atoms with van der Waals surface area (Å²) in [6, 6.07) is 0. The number of fused-ring (bicyclic) bond motifs is 5. The van der Waals surface area contributed by atoms with E-state index in [-0.39, 0.29) is 23.7 Å². The van der Waals surface area contributed by atoms with Crippen LogP contribution >= 0.6 is 0 Å². The molecule has 1 unspecified atom stereocenters. The molecule has 0 radical (unpaired) electrons. The SMILES string of the molecule is C[C@@H]1C[C@@H]2CCC(O)C(O)(O)[C@]2(C)[C@H]2CC[C@]3(C)[C@@H]([C@H](C)CCC(=O)O)CC[C@H]3[C@H]12. The van der Waals surface area contributed by atoms with E-state index in [4.69, 9.17) is 5.11 Å². The second kappa shape index (κ2) is 7.45. The van der Waals surface area contributed by atoms with Crippen LogP contribution in [0.5, 0.6) is 0 Å². The van der Waals surface area contributed by atoms with Crippen molar-refractivity contribution in [2.45, 2.75) is 97.4 Å². The van der Waals surface area contributed by atoms with Crippen LogP contribution in [0.25, 0.3) is 0 Å². The molecule has 0 aromatic heterocycles. The largest absolute Gasteiger partial charge is 0.481 e. The third-order valence-electron chi connectivity index (χ3n) is 10.9. The normalized spacial score (nSPS) is 50.8. The van der Waals surface area contributed by atoms with Crippen molar-refractivity contribution in [3.05, 3.63) is 0 Å². The average molecular weight is 423 g/mol. The quantitative estimate of drug-likeness (QED) is 0.513. The van der Waals surface area contributed by atoms with Gasteiger partial charge in [0.2, 0.25) is 0 Å². The van der Waals surface area contributed by atoms with E-state index in [1.54, 1.807) is 0 Å². The number of carboxylic acids is 1. The third kappa shape index (κ3) is 3.02. The van der Waals surface area contributed by atoms with E-state index in [2.05, 4.69) is 20.8 Å². The second-order valence-corrected chi connectivity index (χ2v) is 11.9. The summed E-state index contributed by atoms with van der Waals surface area (Å²) < 4.78 is 0. The summed E-state index contributed by atoms with van der Waals surface area (Å²) in [4.78, 5) is 11.1. The van der Waals surface area contributed by atoms with E-state index < -0.39 is 23.3 Å². The minimum atomic E-state index is -2.01. The maximum Gasteiger partial charge on any atom is 0.303 e. The Balaban J connectivity index is 1.63. The van der Waals surface area contributed by atoms with Crippen LogP contribution < -0.4 is 0 Å². The number of rotatable bonds is 4. The van der Waals surface area contributed by atoms with Crippen LogP contribution in [0, 0.1) is 52.3 Å². The van der Waals surface area contributed by atoms with Crippen molar-refractivity contribution >= 4 is 5.97 Å². The first-order chi connectivity index (χ1) is 13.9. The number of carbonyl (C=O) groups is 1. The van der Waals surface area contributed by atoms with Gasteiger partial charge in [0, 0.05) is 11.8 Å². The van der Waals surface area contributed by atoms with Crippen molar-refractivity contribution < 1.29 is 25.2 Å². The Hall–Kier alpha value is -0.650. The highest BCUT2D eigenvalue weighted by Gasteiger charge is 2.68. The van der Waals surface area contributed by atoms with Gasteiger partial charge in [0.1, 0.15) is 6.10 Å². The number of hydrogen-bond donors (Lipinski definition) is 4. The highest BCUT2D eigenvalue weighted by atomic mass is 16.5. The minimum absolute atomic E-state index is 0.206. The smallest absolute Gasteiger partial charge is 0.303 e. The van der Waals surface area contributed by atoms with Gasteiger partial charge in [-0.3, -0.25) is 4.79 Å². The lowest BCUT2D eigenvalue weighted by molar-refractivity contribution is -0.353. The lowest BCUT2D eigenvalue weighted by atomic mass is 9.41. The number of aliphatic hydroxyl groups excluding tert-OH is 1. The van der Waals surface area contributed by atoms with Crippen molar-refractivity contribution in [1.82, 2.24) is 0 Å². The van der Waals surface area contributed by atoms with Crippen molar-refractivity contribution in [1.29, 1.82) is 0 Å². The monoisotopic (exact) mass is 422 g/mol. The molecular formula is C25H42O5. The van der Waals surface area contributed by atoms with Crippen LogP contribution in [-0.4, -0.2) is 38.3 Å². The average Bonchev–Trinajstić information content (AvgIpc) is 3.02. The van der Waals surface area contributed by atoms with E-state index >= 15 is 0 Å². The van der Waals surface area contributed by atoms with Crippen LogP contribution in [0.1, 0.15) is 85.5 Å². The molecular weight excluding hydrogens is 380 g/mol. The first kappa shape index (κ1) is 22.5. The van der Waals surface area contributed by atoms with Gasteiger partial charge < -0.3 is 20.4 Å². The zero-order valence-electron chi connectivity index (χ0n) is 19.2. The minimum Gasteiger partial charge on any atom is -0.481 e. The Bertz CT molecular complexity index is 676. The number of carboxylic acid groups (broad SMARTS) is 1. The molecule has 0 aromatic rings. The molecule has 0 aliphatic heterocycles. The summed E-state index contributed by atoms with van der Waals surface area (Å²) in [5, 5.41) is 41.9. The fourth-order valence-electron chi connectivity index (χ4n) is 9.28. The highest BCUT2D eigenvalue weighted by molar-refractivity contribution is 5.66. The standard InChI is InChI=1S/C25H42O5/c1-14(5-10-21(27)28)17-7-8-18-22-15(2)13-16-6-9-20(26)25(29,30)24(16,4)19(22)11-12-23(17,18)3/h14-20,22,26,29-30H,5-13H2,1-4H3,(H,27,28)/t14-,15-,16+,17-,18+,19+,20?,22+,23-,24+/m1/s1. The molecule has 172 valence electrons. The number of hydrogen-bond acceptors (Lipinski definition) is 4. The number of aliphatic carboxylic acids is 1. The zero-order valence-corrected chi connectivity index (χ0v) is 19.2. The molecule has 4 fully saturated rings. The molecule has 4 saturated carbocycles. The fourth-order valence-corrected chi connectivity index (χ4v) is 9.28. The molecule has 4 aliphatic rings. The summed E-state index contributed by atoms with van der Waals surface area (Å²) in [5.41, 5.74) is -0.451. The highest BCUT2D eigenvalue weighted by Crippen LogP contribution is 2.70. The van der Waals surface area contributed by atoms with Crippen molar-refractivity contribution in [2.75, 3.05) is 0 Å². The van der Waals surface area contributed by atoms with Crippen molar-refractivity contribution in [2.24, 2.45) is 52.3 Å². The van der Waals surface area contributed by atoms with Gasteiger partial charge in [-0.05, 0) is 98.2 Å². The molecule has 0 aromatic carbocycles. The Labute approximate surface area is 181 Å². The van der Waals surface area contributed by atoms with Crippen molar-refractivity contribution in [3.63, 3.8) is 0 Å². The van der Waals surface area contributed by atoms with Gasteiger partial charge in [-0.1, -0.05) is 27.7 Å². The van der Waals surface area contributed by atoms with Crippen LogP contribution in [0.2, 0.25) is 0 Å². The predicted molar refractivity (Wildman–Crippen MR) is 114 cm³/mol. The molecule has 30 heavy (non-hydrogen) atoms. The summed E-state index contributed by atoms with van der Waals surface area (Å²) in [6.07, 6.45) is 6.67. The molecule has 0 bridgehead atoms. The van der Waals surface area contributed by atoms with Crippen LogP contribution in [0.15, 0.2) is 0 Å². The summed E-state index contributed by atoms with van der Waals surface area (Å²) in [7, 11) is 0. The molecule has 0 saturated heterocycles.